The number of benzene rings is 1. The number of aromatic nitrogens is 2. The number of hydrogen-bond donors (Lipinski definition) is 1. The van der Waals surface area contributed by atoms with E-state index in [1.165, 1.54) is 11.3 Å². The highest BCUT2D eigenvalue weighted by Crippen LogP contribution is 2.38. The molecular weight excluding hydrogens is 387 g/mol. The van der Waals surface area contributed by atoms with Gasteiger partial charge in [0.05, 0.1) is 11.3 Å². The lowest BCUT2D eigenvalue weighted by Gasteiger charge is -2.17. The summed E-state index contributed by atoms with van der Waals surface area (Å²) in [6.07, 6.45) is -2.77. The number of thiazole rings is 1. The first-order chi connectivity index (χ1) is 13.1. The third-order valence-electron chi connectivity index (χ3n) is 3.91. The van der Waals surface area contributed by atoms with Crippen LogP contribution < -0.4 is 5.32 Å². The smallest absolute Gasteiger partial charge is 0.298 e. The normalized spacial score (nSPS) is 12.1. The SMILES string of the molecule is CC(C)(C)c1sc(NC(=O)c2ccc(C(F)(F)F)cc2)nc1-c1ccccn1. The number of pyridine rings is 1. The molecule has 146 valence electrons. The van der Waals surface area contributed by atoms with Gasteiger partial charge < -0.3 is 0 Å². The molecule has 0 aliphatic carbocycles. The number of nitrogens with one attached hydrogen (secondary N) is 1. The van der Waals surface area contributed by atoms with Crippen molar-refractivity contribution in [3.8, 4) is 11.4 Å². The maximum Gasteiger partial charge on any atom is 0.416 e. The van der Waals surface area contributed by atoms with Gasteiger partial charge in [-0.25, -0.2) is 4.98 Å². The van der Waals surface area contributed by atoms with Crippen molar-refractivity contribution < 1.29 is 18.0 Å². The van der Waals surface area contributed by atoms with E-state index in [0.717, 1.165) is 29.1 Å². The Morgan fingerprint density at radius 1 is 1.04 bits per heavy atom. The topological polar surface area (TPSA) is 54.9 Å². The zero-order chi connectivity index (χ0) is 20.5. The molecule has 0 spiro atoms. The Morgan fingerprint density at radius 2 is 1.71 bits per heavy atom. The van der Waals surface area contributed by atoms with E-state index >= 15 is 0 Å². The van der Waals surface area contributed by atoms with Gasteiger partial charge in [0.1, 0.15) is 5.69 Å². The van der Waals surface area contributed by atoms with Crippen molar-refractivity contribution in [2.45, 2.75) is 32.4 Å². The van der Waals surface area contributed by atoms with E-state index in [1.54, 1.807) is 12.3 Å². The summed E-state index contributed by atoms with van der Waals surface area (Å²) in [5.41, 5.74) is 0.479. The molecule has 0 atom stereocenters. The zero-order valence-electron chi connectivity index (χ0n) is 15.5. The maximum absolute atomic E-state index is 12.7. The minimum atomic E-state index is -4.44. The van der Waals surface area contributed by atoms with Crippen molar-refractivity contribution in [2.75, 3.05) is 5.32 Å². The van der Waals surface area contributed by atoms with Gasteiger partial charge in [-0.2, -0.15) is 13.2 Å². The largest absolute Gasteiger partial charge is 0.416 e. The molecule has 2 aromatic heterocycles. The van der Waals surface area contributed by atoms with Crippen molar-refractivity contribution in [2.24, 2.45) is 0 Å². The summed E-state index contributed by atoms with van der Waals surface area (Å²) in [5.74, 6) is -0.518. The first kappa shape index (κ1) is 20.0. The average Bonchev–Trinajstić information content (AvgIpc) is 3.06. The molecule has 3 rings (SSSR count). The first-order valence-electron chi connectivity index (χ1n) is 8.47. The quantitative estimate of drug-likeness (QED) is 0.601. The number of carbonyl (C=O) groups is 1. The van der Waals surface area contributed by atoms with Crippen molar-refractivity contribution in [3.63, 3.8) is 0 Å². The molecule has 28 heavy (non-hydrogen) atoms. The fourth-order valence-corrected chi connectivity index (χ4v) is 3.57. The second-order valence-corrected chi connectivity index (χ2v) is 8.19. The molecule has 1 amide bonds. The molecule has 3 aromatic rings. The second kappa shape index (κ2) is 7.35. The fourth-order valence-electron chi connectivity index (χ4n) is 2.54. The predicted molar refractivity (Wildman–Crippen MR) is 103 cm³/mol. The third-order valence-corrected chi connectivity index (χ3v) is 5.31. The molecular formula is C20H18F3N3OS. The summed E-state index contributed by atoms with van der Waals surface area (Å²) in [4.78, 5) is 22.2. The van der Waals surface area contributed by atoms with Crippen LogP contribution in [0.4, 0.5) is 18.3 Å². The molecule has 4 nitrogen and oxygen atoms in total. The number of hydrogen-bond acceptors (Lipinski definition) is 4. The Labute approximate surface area is 164 Å². The number of alkyl halides is 3. The molecule has 1 aromatic carbocycles. The number of amides is 1. The number of halogens is 3. The molecule has 2 heterocycles. The predicted octanol–water partition coefficient (Wildman–Crippen LogP) is 5.77. The van der Waals surface area contributed by atoms with Crippen molar-refractivity contribution in [3.05, 3.63) is 64.7 Å². The summed E-state index contributed by atoms with van der Waals surface area (Å²) >= 11 is 1.33. The van der Waals surface area contributed by atoms with Crippen LogP contribution in [0.1, 0.15) is 41.6 Å². The molecule has 0 saturated heterocycles. The summed E-state index contributed by atoms with van der Waals surface area (Å²) in [5, 5.41) is 3.05. The van der Waals surface area contributed by atoms with Crippen LogP contribution in [0, 0.1) is 0 Å². The fraction of sp³-hybridized carbons (Fsp3) is 0.250. The van der Waals surface area contributed by atoms with Crippen LogP contribution in [-0.4, -0.2) is 15.9 Å². The Balaban J connectivity index is 1.88. The Kier molecular flexibility index (Phi) is 5.25. The van der Waals surface area contributed by atoms with Crippen LogP contribution in [0.15, 0.2) is 48.7 Å². The van der Waals surface area contributed by atoms with E-state index in [2.05, 4.69) is 15.3 Å². The lowest BCUT2D eigenvalue weighted by Crippen LogP contribution is -2.12. The molecule has 1 N–H and O–H groups in total. The molecule has 8 heteroatoms. The van der Waals surface area contributed by atoms with Crippen LogP contribution in [0.25, 0.3) is 11.4 Å². The minimum absolute atomic E-state index is 0.125. The van der Waals surface area contributed by atoms with Crippen LogP contribution >= 0.6 is 11.3 Å². The summed E-state index contributed by atoms with van der Waals surface area (Å²) < 4.78 is 38.0. The maximum atomic E-state index is 12.7. The van der Waals surface area contributed by atoms with Crippen molar-refractivity contribution in [1.29, 1.82) is 0 Å². The molecule has 0 aliphatic heterocycles. The zero-order valence-corrected chi connectivity index (χ0v) is 16.3. The van der Waals surface area contributed by atoms with Gasteiger partial charge in [-0.15, -0.1) is 11.3 Å². The highest BCUT2D eigenvalue weighted by Gasteiger charge is 2.30. The lowest BCUT2D eigenvalue weighted by atomic mass is 9.92. The van der Waals surface area contributed by atoms with E-state index in [0.29, 0.717) is 16.5 Å². The summed E-state index contributed by atoms with van der Waals surface area (Å²) in [7, 11) is 0. The number of anilines is 1. The number of rotatable bonds is 3. The van der Waals surface area contributed by atoms with E-state index in [4.69, 9.17) is 0 Å². The van der Waals surface area contributed by atoms with E-state index in [1.807, 2.05) is 32.9 Å². The minimum Gasteiger partial charge on any atom is -0.298 e. The molecule has 0 unspecified atom stereocenters. The van der Waals surface area contributed by atoms with Crippen LogP contribution in [0.3, 0.4) is 0 Å². The van der Waals surface area contributed by atoms with Gasteiger partial charge in [0.2, 0.25) is 0 Å². The highest BCUT2D eigenvalue weighted by atomic mass is 32.1. The number of nitrogens with zero attached hydrogens (tertiary/aromatic N) is 2. The van der Waals surface area contributed by atoms with E-state index in [9.17, 15) is 18.0 Å². The van der Waals surface area contributed by atoms with Crippen LogP contribution in [0.2, 0.25) is 0 Å². The second-order valence-electron chi connectivity index (χ2n) is 7.19. The molecule has 0 saturated carbocycles. The summed E-state index contributed by atoms with van der Waals surface area (Å²) in [6.45, 7) is 6.11. The third kappa shape index (κ3) is 4.39. The Bertz CT molecular complexity index is 975. The highest BCUT2D eigenvalue weighted by molar-refractivity contribution is 7.16. The monoisotopic (exact) mass is 405 g/mol. The van der Waals surface area contributed by atoms with Gasteiger partial charge in [0, 0.05) is 16.6 Å². The molecule has 0 bridgehead atoms. The number of carbonyl (C=O) groups excluding carboxylic acids is 1. The Hall–Kier alpha value is -2.74. The van der Waals surface area contributed by atoms with Gasteiger partial charge in [0.25, 0.3) is 5.91 Å². The van der Waals surface area contributed by atoms with Gasteiger partial charge in [-0.3, -0.25) is 15.1 Å². The van der Waals surface area contributed by atoms with Gasteiger partial charge in [0.15, 0.2) is 5.13 Å². The van der Waals surface area contributed by atoms with Gasteiger partial charge in [-0.05, 0) is 41.8 Å². The standard InChI is InChI=1S/C20H18F3N3OS/c1-19(2,3)16-15(14-6-4-5-11-24-14)25-18(28-16)26-17(27)12-7-9-13(10-8-12)20(21,22)23/h4-11H,1-3H3,(H,25,26,27). The first-order valence-corrected chi connectivity index (χ1v) is 9.28. The molecule has 0 aliphatic rings. The lowest BCUT2D eigenvalue weighted by molar-refractivity contribution is -0.137. The van der Waals surface area contributed by atoms with E-state index < -0.39 is 17.6 Å². The summed E-state index contributed by atoms with van der Waals surface area (Å²) in [6, 6.07) is 9.57. The molecule has 0 radical (unpaired) electrons. The average molecular weight is 405 g/mol. The van der Waals surface area contributed by atoms with Crippen LogP contribution in [0.5, 0.6) is 0 Å². The van der Waals surface area contributed by atoms with Crippen LogP contribution in [-0.2, 0) is 11.6 Å². The van der Waals surface area contributed by atoms with E-state index in [-0.39, 0.29) is 11.0 Å². The van der Waals surface area contributed by atoms with Gasteiger partial charge >= 0.3 is 6.18 Å². The van der Waals surface area contributed by atoms with Gasteiger partial charge in [-0.1, -0.05) is 26.8 Å². The Morgan fingerprint density at radius 3 is 2.25 bits per heavy atom. The van der Waals surface area contributed by atoms with Crippen molar-refractivity contribution >= 4 is 22.4 Å². The molecule has 0 fully saturated rings. The van der Waals surface area contributed by atoms with Crippen molar-refractivity contribution in [1.82, 2.24) is 9.97 Å².